The van der Waals surface area contributed by atoms with Crippen LogP contribution >= 0.6 is 43.2 Å². The Labute approximate surface area is 118 Å². The van der Waals surface area contributed by atoms with Crippen molar-refractivity contribution in [1.29, 1.82) is 0 Å². The van der Waals surface area contributed by atoms with E-state index in [1.54, 1.807) is 11.3 Å². The van der Waals surface area contributed by atoms with E-state index in [-0.39, 0.29) is 0 Å². The van der Waals surface area contributed by atoms with E-state index in [0.717, 1.165) is 27.8 Å². The number of halogens is 2. The monoisotopic (exact) mass is 368 g/mol. The summed E-state index contributed by atoms with van der Waals surface area (Å²) in [6.45, 7) is 7.22. The summed E-state index contributed by atoms with van der Waals surface area (Å²) in [6.07, 6.45) is 1.16. The second-order valence-electron chi connectivity index (χ2n) is 3.65. The summed E-state index contributed by atoms with van der Waals surface area (Å²) in [6, 6.07) is 2.52. The zero-order chi connectivity index (χ0) is 12.1. The molecule has 0 spiro atoms. The van der Waals surface area contributed by atoms with E-state index in [1.807, 2.05) is 0 Å². The summed E-state index contributed by atoms with van der Waals surface area (Å²) in [5, 5.41) is 0. The third-order valence-corrected chi connectivity index (χ3v) is 5.93. The summed E-state index contributed by atoms with van der Waals surface area (Å²) in [4.78, 5) is 3.77. The van der Waals surface area contributed by atoms with E-state index in [2.05, 4.69) is 56.7 Å². The van der Waals surface area contributed by atoms with Crippen LogP contribution in [0.4, 0.5) is 0 Å². The van der Waals surface area contributed by atoms with Crippen LogP contribution in [-0.2, 0) is 0 Å². The molecule has 0 radical (unpaired) electrons. The number of nitrogens with two attached hydrogens (primary N) is 1. The molecule has 1 atom stereocenters. The molecule has 1 rings (SSSR count). The lowest BCUT2D eigenvalue weighted by molar-refractivity contribution is 0.215. The SMILES string of the molecule is CCCN(CC)C(CN)c1cc(Br)c(Br)s1. The fourth-order valence-corrected chi connectivity index (χ4v) is 4.03. The van der Waals surface area contributed by atoms with Crippen LogP contribution in [0.25, 0.3) is 0 Å². The second kappa shape index (κ2) is 7.11. The van der Waals surface area contributed by atoms with Crippen molar-refractivity contribution in [2.75, 3.05) is 19.6 Å². The van der Waals surface area contributed by atoms with Crippen LogP contribution in [0.1, 0.15) is 31.2 Å². The van der Waals surface area contributed by atoms with E-state index in [4.69, 9.17) is 5.73 Å². The van der Waals surface area contributed by atoms with Gasteiger partial charge in [-0.25, -0.2) is 0 Å². The first-order valence-corrected chi connectivity index (χ1v) is 7.93. The molecule has 0 aliphatic rings. The minimum Gasteiger partial charge on any atom is -0.329 e. The lowest BCUT2D eigenvalue weighted by atomic mass is 10.2. The number of rotatable bonds is 6. The van der Waals surface area contributed by atoms with Crippen LogP contribution in [0.5, 0.6) is 0 Å². The van der Waals surface area contributed by atoms with Gasteiger partial charge < -0.3 is 5.73 Å². The van der Waals surface area contributed by atoms with E-state index in [0.29, 0.717) is 12.6 Å². The van der Waals surface area contributed by atoms with Gasteiger partial charge in [-0.1, -0.05) is 13.8 Å². The molecule has 1 aromatic heterocycles. The molecular formula is C11H18Br2N2S. The van der Waals surface area contributed by atoms with E-state index >= 15 is 0 Å². The van der Waals surface area contributed by atoms with Gasteiger partial charge in [-0.3, -0.25) is 4.90 Å². The molecule has 0 amide bonds. The van der Waals surface area contributed by atoms with Crippen LogP contribution in [0.2, 0.25) is 0 Å². The Hall–Kier alpha value is 0.580. The van der Waals surface area contributed by atoms with Crippen LogP contribution in [-0.4, -0.2) is 24.5 Å². The minimum absolute atomic E-state index is 0.345. The molecule has 92 valence electrons. The zero-order valence-corrected chi connectivity index (χ0v) is 13.7. The van der Waals surface area contributed by atoms with Crippen molar-refractivity contribution in [2.24, 2.45) is 5.73 Å². The van der Waals surface area contributed by atoms with Gasteiger partial charge in [0.1, 0.15) is 0 Å². The van der Waals surface area contributed by atoms with Gasteiger partial charge in [-0.15, -0.1) is 11.3 Å². The molecule has 0 saturated carbocycles. The van der Waals surface area contributed by atoms with Crippen molar-refractivity contribution in [3.63, 3.8) is 0 Å². The average Bonchev–Trinajstić information content (AvgIpc) is 2.59. The predicted octanol–water partition coefficient (Wildman–Crippen LogP) is 4.00. The number of thiophene rings is 1. The summed E-state index contributed by atoms with van der Waals surface area (Å²) < 4.78 is 2.27. The Bertz CT molecular complexity index is 308. The lowest BCUT2D eigenvalue weighted by Gasteiger charge is -2.28. The molecule has 2 N–H and O–H groups in total. The second-order valence-corrected chi connectivity index (χ2v) is 6.91. The highest BCUT2D eigenvalue weighted by atomic mass is 79.9. The Kier molecular flexibility index (Phi) is 6.51. The van der Waals surface area contributed by atoms with Crippen molar-refractivity contribution < 1.29 is 0 Å². The Morgan fingerprint density at radius 3 is 2.50 bits per heavy atom. The maximum absolute atomic E-state index is 5.91. The molecule has 0 bridgehead atoms. The quantitative estimate of drug-likeness (QED) is 0.820. The molecule has 1 unspecified atom stereocenters. The Morgan fingerprint density at radius 1 is 1.44 bits per heavy atom. The summed E-state index contributed by atoms with van der Waals surface area (Å²) in [5.41, 5.74) is 5.91. The molecular weight excluding hydrogens is 352 g/mol. The van der Waals surface area contributed by atoms with Gasteiger partial charge in [0.25, 0.3) is 0 Å². The number of likely N-dealkylation sites (N-methyl/N-ethyl adjacent to an activating group) is 1. The Morgan fingerprint density at radius 2 is 2.12 bits per heavy atom. The normalized spacial score (nSPS) is 13.4. The third kappa shape index (κ3) is 3.53. The minimum atomic E-state index is 0.345. The van der Waals surface area contributed by atoms with Crippen molar-refractivity contribution in [2.45, 2.75) is 26.3 Å². The molecule has 5 heteroatoms. The van der Waals surface area contributed by atoms with Gasteiger partial charge in [0.15, 0.2) is 0 Å². The molecule has 0 aliphatic carbocycles. The largest absolute Gasteiger partial charge is 0.329 e. The van der Waals surface area contributed by atoms with Gasteiger partial charge in [0, 0.05) is 15.9 Å². The highest BCUT2D eigenvalue weighted by molar-refractivity contribution is 9.13. The molecule has 2 nitrogen and oxygen atoms in total. The molecule has 0 aromatic carbocycles. The van der Waals surface area contributed by atoms with Crippen LogP contribution in [0, 0.1) is 0 Å². The first kappa shape index (κ1) is 14.6. The summed E-state index contributed by atoms with van der Waals surface area (Å²) >= 11 is 8.83. The summed E-state index contributed by atoms with van der Waals surface area (Å²) in [5.74, 6) is 0. The molecule has 0 aliphatic heterocycles. The lowest BCUT2D eigenvalue weighted by Crippen LogP contribution is -2.33. The van der Waals surface area contributed by atoms with E-state index in [9.17, 15) is 0 Å². The first-order valence-electron chi connectivity index (χ1n) is 5.52. The van der Waals surface area contributed by atoms with Gasteiger partial charge in [-0.2, -0.15) is 0 Å². The first-order chi connectivity index (χ1) is 7.63. The van der Waals surface area contributed by atoms with E-state index in [1.165, 1.54) is 4.88 Å². The molecule has 1 aromatic rings. The van der Waals surface area contributed by atoms with Crippen molar-refractivity contribution >= 4 is 43.2 Å². The zero-order valence-electron chi connectivity index (χ0n) is 9.67. The van der Waals surface area contributed by atoms with Crippen molar-refractivity contribution in [3.8, 4) is 0 Å². The molecule has 0 saturated heterocycles. The van der Waals surface area contributed by atoms with E-state index < -0.39 is 0 Å². The number of nitrogens with zero attached hydrogens (tertiary/aromatic N) is 1. The molecule has 1 heterocycles. The number of hydrogen-bond acceptors (Lipinski definition) is 3. The summed E-state index contributed by atoms with van der Waals surface area (Å²) in [7, 11) is 0. The maximum atomic E-state index is 5.91. The van der Waals surface area contributed by atoms with Crippen LogP contribution in [0.3, 0.4) is 0 Å². The van der Waals surface area contributed by atoms with Crippen LogP contribution in [0.15, 0.2) is 14.3 Å². The highest BCUT2D eigenvalue weighted by Crippen LogP contribution is 2.37. The van der Waals surface area contributed by atoms with Gasteiger partial charge >= 0.3 is 0 Å². The van der Waals surface area contributed by atoms with Crippen molar-refractivity contribution in [3.05, 3.63) is 19.2 Å². The van der Waals surface area contributed by atoms with Crippen molar-refractivity contribution in [1.82, 2.24) is 4.90 Å². The average molecular weight is 370 g/mol. The fraction of sp³-hybridized carbons (Fsp3) is 0.636. The highest BCUT2D eigenvalue weighted by Gasteiger charge is 2.19. The van der Waals surface area contributed by atoms with Gasteiger partial charge in [-0.05, 0) is 57.4 Å². The van der Waals surface area contributed by atoms with Gasteiger partial charge in [0.2, 0.25) is 0 Å². The third-order valence-electron chi connectivity index (χ3n) is 2.57. The van der Waals surface area contributed by atoms with Gasteiger partial charge in [0.05, 0.1) is 9.83 Å². The molecule has 0 fully saturated rings. The number of hydrogen-bond donors (Lipinski definition) is 1. The van der Waals surface area contributed by atoms with Crippen LogP contribution < -0.4 is 5.73 Å². The molecule has 16 heavy (non-hydrogen) atoms. The topological polar surface area (TPSA) is 29.3 Å². The fourth-order valence-electron chi connectivity index (χ4n) is 1.79. The predicted molar refractivity (Wildman–Crippen MR) is 79.1 cm³/mol. The maximum Gasteiger partial charge on any atom is 0.0843 e. The standard InChI is InChI=1S/C11H18Br2N2S/c1-3-5-15(4-2)9(7-14)10-6-8(12)11(13)16-10/h6,9H,3-5,7,14H2,1-2H3. The Balaban J connectivity index is 2.87. The smallest absolute Gasteiger partial charge is 0.0843 e.